The zero-order valence-corrected chi connectivity index (χ0v) is 13.0. The van der Waals surface area contributed by atoms with Crippen LogP contribution in [0.15, 0.2) is 22.7 Å². The molecule has 100 valence electrons. The highest BCUT2D eigenvalue weighted by atomic mass is 79.9. The summed E-state index contributed by atoms with van der Waals surface area (Å²) in [6, 6.07) is 7.73. The van der Waals surface area contributed by atoms with Crippen molar-refractivity contribution in [3.63, 3.8) is 0 Å². The van der Waals surface area contributed by atoms with Gasteiger partial charge in [0.05, 0.1) is 10.2 Å². The summed E-state index contributed by atoms with van der Waals surface area (Å²) in [4.78, 5) is 7.30. The van der Waals surface area contributed by atoms with Crippen molar-refractivity contribution >= 4 is 42.6 Å². The fourth-order valence-electron chi connectivity index (χ4n) is 2.81. The molecular formula is C14H16BrN3S. The summed E-state index contributed by atoms with van der Waals surface area (Å²) >= 11 is 5.27. The van der Waals surface area contributed by atoms with Gasteiger partial charge in [-0.2, -0.15) is 0 Å². The highest BCUT2D eigenvalue weighted by molar-refractivity contribution is 9.10. The number of nitrogens with one attached hydrogen (secondary N) is 1. The SMILES string of the molecule is Brc1ccc2nc(NC3CCN(C4CC4)C3)sc2c1. The van der Waals surface area contributed by atoms with E-state index in [2.05, 4.69) is 49.3 Å². The summed E-state index contributed by atoms with van der Waals surface area (Å²) in [6.07, 6.45) is 4.06. The van der Waals surface area contributed by atoms with Crippen LogP contribution in [0.2, 0.25) is 0 Å². The van der Waals surface area contributed by atoms with Gasteiger partial charge < -0.3 is 5.32 Å². The van der Waals surface area contributed by atoms with Crippen molar-refractivity contribution in [1.29, 1.82) is 0 Å². The van der Waals surface area contributed by atoms with Crippen LogP contribution in [0.4, 0.5) is 5.13 Å². The van der Waals surface area contributed by atoms with Crippen LogP contribution in [0.25, 0.3) is 10.2 Å². The van der Waals surface area contributed by atoms with Crippen LogP contribution in [-0.2, 0) is 0 Å². The van der Waals surface area contributed by atoms with E-state index in [0.717, 1.165) is 21.2 Å². The first-order chi connectivity index (χ1) is 9.28. The van der Waals surface area contributed by atoms with Gasteiger partial charge in [-0.1, -0.05) is 27.3 Å². The third-order valence-electron chi connectivity index (χ3n) is 3.96. The van der Waals surface area contributed by atoms with E-state index in [-0.39, 0.29) is 0 Å². The molecule has 2 heterocycles. The molecule has 1 N–H and O–H groups in total. The first-order valence-corrected chi connectivity index (χ1v) is 8.45. The molecule has 1 aromatic heterocycles. The molecule has 2 fully saturated rings. The van der Waals surface area contributed by atoms with Gasteiger partial charge in [0.25, 0.3) is 0 Å². The van der Waals surface area contributed by atoms with Crippen molar-refractivity contribution in [2.45, 2.75) is 31.3 Å². The second-order valence-electron chi connectivity index (χ2n) is 5.49. The molecular weight excluding hydrogens is 322 g/mol. The second-order valence-corrected chi connectivity index (χ2v) is 7.43. The average molecular weight is 338 g/mol. The predicted molar refractivity (Wildman–Crippen MR) is 83.9 cm³/mol. The summed E-state index contributed by atoms with van der Waals surface area (Å²) in [6.45, 7) is 2.43. The molecule has 0 radical (unpaired) electrons. The molecule has 4 rings (SSSR count). The predicted octanol–water partition coefficient (Wildman–Crippen LogP) is 3.71. The van der Waals surface area contributed by atoms with E-state index >= 15 is 0 Å². The lowest BCUT2D eigenvalue weighted by Crippen LogP contribution is -2.27. The summed E-state index contributed by atoms with van der Waals surface area (Å²) in [7, 11) is 0. The largest absolute Gasteiger partial charge is 0.357 e. The van der Waals surface area contributed by atoms with Crippen molar-refractivity contribution in [3.8, 4) is 0 Å². The van der Waals surface area contributed by atoms with Crippen LogP contribution in [0.5, 0.6) is 0 Å². The number of aromatic nitrogens is 1. The zero-order chi connectivity index (χ0) is 12.8. The minimum Gasteiger partial charge on any atom is -0.357 e. The summed E-state index contributed by atoms with van der Waals surface area (Å²) in [5, 5.41) is 4.68. The van der Waals surface area contributed by atoms with Gasteiger partial charge in [-0.05, 0) is 37.5 Å². The molecule has 2 aliphatic rings. The Hall–Kier alpha value is -0.650. The van der Waals surface area contributed by atoms with E-state index in [9.17, 15) is 0 Å². The maximum absolute atomic E-state index is 4.67. The van der Waals surface area contributed by atoms with E-state index in [4.69, 9.17) is 0 Å². The van der Waals surface area contributed by atoms with E-state index in [1.807, 2.05) is 0 Å². The van der Waals surface area contributed by atoms with Gasteiger partial charge in [-0.15, -0.1) is 0 Å². The van der Waals surface area contributed by atoms with Crippen LogP contribution in [0.3, 0.4) is 0 Å². The summed E-state index contributed by atoms with van der Waals surface area (Å²) < 4.78 is 2.37. The lowest BCUT2D eigenvalue weighted by molar-refractivity contribution is 0.326. The summed E-state index contributed by atoms with van der Waals surface area (Å²) in [5.41, 5.74) is 1.09. The molecule has 19 heavy (non-hydrogen) atoms. The molecule has 1 aliphatic heterocycles. The van der Waals surface area contributed by atoms with Gasteiger partial charge in [0.15, 0.2) is 5.13 Å². The Balaban J connectivity index is 1.48. The number of likely N-dealkylation sites (tertiary alicyclic amines) is 1. The maximum Gasteiger partial charge on any atom is 0.184 e. The fourth-order valence-corrected chi connectivity index (χ4v) is 4.31. The highest BCUT2D eigenvalue weighted by Gasteiger charge is 2.34. The second kappa shape index (κ2) is 4.72. The molecule has 2 aromatic rings. The van der Waals surface area contributed by atoms with E-state index in [1.165, 1.54) is 37.1 Å². The first-order valence-electron chi connectivity index (χ1n) is 6.84. The van der Waals surface area contributed by atoms with E-state index < -0.39 is 0 Å². The van der Waals surface area contributed by atoms with Gasteiger partial charge >= 0.3 is 0 Å². The van der Waals surface area contributed by atoms with Crippen molar-refractivity contribution in [2.75, 3.05) is 18.4 Å². The highest BCUT2D eigenvalue weighted by Crippen LogP contribution is 2.32. The number of thiazole rings is 1. The maximum atomic E-state index is 4.67. The van der Waals surface area contributed by atoms with Gasteiger partial charge in [0, 0.05) is 29.6 Å². The van der Waals surface area contributed by atoms with Crippen molar-refractivity contribution in [1.82, 2.24) is 9.88 Å². The molecule has 1 saturated carbocycles. The Bertz CT molecular complexity index is 608. The Labute approximate surface area is 125 Å². The minimum atomic E-state index is 0.574. The number of nitrogens with zero attached hydrogens (tertiary/aromatic N) is 2. The van der Waals surface area contributed by atoms with Crippen LogP contribution >= 0.6 is 27.3 Å². The van der Waals surface area contributed by atoms with E-state index in [1.54, 1.807) is 11.3 Å². The molecule has 1 saturated heterocycles. The van der Waals surface area contributed by atoms with Gasteiger partial charge in [0.2, 0.25) is 0 Å². The molecule has 1 atom stereocenters. The number of hydrogen-bond acceptors (Lipinski definition) is 4. The average Bonchev–Trinajstić information content (AvgIpc) is 3.01. The minimum absolute atomic E-state index is 0.574. The fraction of sp³-hybridized carbons (Fsp3) is 0.500. The molecule has 0 spiro atoms. The molecule has 1 unspecified atom stereocenters. The standard InChI is InChI=1S/C14H16BrN3S/c15-9-1-4-12-13(7-9)19-14(17-12)16-10-5-6-18(8-10)11-2-3-11/h1,4,7,10-11H,2-3,5-6,8H2,(H,16,17). The Morgan fingerprint density at radius 3 is 3.05 bits per heavy atom. The zero-order valence-electron chi connectivity index (χ0n) is 10.6. The Kier molecular flexibility index (Phi) is 3.01. The molecule has 1 aliphatic carbocycles. The number of benzene rings is 1. The molecule has 0 bridgehead atoms. The number of fused-ring (bicyclic) bond motifs is 1. The first kappa shape index (κ1) is 12.1. The van der Waals surface area contributed by atoms with Crippen molar-refractivity contribution in [2.24, 2.45) is 0 Å². The monoisotopic (exact) mass is 337 g/mol. The number of anilines is 1. The van der Waals surface area contributed by atoms with Crippen molar-refractivity contribution in [3.05, 3.63) is 22.7 Å². The van der Waals surface area contributed by atoms with Crippen LogP contribution < -0.4 is 5.32 Å². The van der Waals surface area contributed by atoms with Gasteiger partial charge in [0.1, 0.15) is 0 Å². The van der Waals surface area contributed by atoms with Crippen LogP contribution in [0, 0.1) is 0 Å². The normalized spacial score (nSPS) is 24.2. The molecule has 0 amide bonds. The Morgan fingerprint density at radius 2 is 2.21 bits per heavy atom. The third kappa shape index (κ3) is 2.51. The van der Waals surface area contributed by atoms with Crippen LogP contribution in [0.1, 0.15) is 19.3 Å². The van der Waals surface area contributed by atoms with Crippen LogP contribution in [-0.4, -0.2) is 35.1 Å². The molecule has 3 nitrogen and oxygen atoms in total. The molecule has 1 aromatic carbocycles. The number of rotatable bonds is 3. The van der Waals surface area contributed by atoms with Gasteiger partial charge in [-0.25, -0.2) is 4.98 Å². The third-order valence-corrected chi connectivity index (χ3v) is 5.40. The lowest BCUT2D eigenvalue weighted by Gasteiger charge is -2.15. The quantitative estimate of drug-likeness (QED) is 0.925. The number of hydrogen-bond donors (Lipinski definition) is 1. The summed E-state index contributed by atoms with van der Waals surface area (Å²) in [5.74, 6) is 0. The smallest absolute Gasteiger partial charge is 0.184 e. The molecule has 5 heteroatoms. The lowest BCUT2D eigenvalue weighted by atomic mass is 10.3. The van der Waals surface area contributed by atoms with Crippen molar-refractivity contribution < 1.29 is 0 Å². The van der Waals surface area contributed by atoms with E-state index in [0.29, 0.717) is 6.04 Å². The topological polar surface area (TPSA) is 28.2 Å². The van der Waals surface area contributed by atoms with Gasteiger partial charge in [-0.3, -0.25) is 4.90 Å². The Morgan fingerprint density at radius 1 is 1.32 bits per heavy atom. The number of halogens is 1.